The van der Waals surface area contributed by atoms with Crippen molar-refractivity contribution in [3.05, 3.63) is 0 Å². The Morgan fingerprint density at radius 1 is 1.60 bits per heavy atom. The molecule has 4 nitrogen and oxygen atoms in total. The van der Waals surface area contributed by atoms with Crippen LogP contribution >= 0.6 is 0 Å². The molecule has 2 unspecified atom stereocenters. The Morgan fingerprint density at radius 3 is 3.13 bits per heavy atom. The Morgan fingerprint density at radius 2 is 2.40 bits per heavy atom. The first-order valence-electron chi connectivity index (χ1n) is 5.93. The van der Waals surface area contributed by atoms with Crippen molar-refractivity contribution >= 4 is 5.91 Å². The third kappa shape index (κ3) is 4.62. The van der Waals surface area contributed by atoms with Crippen molar-refractivity contribution < 1.29 is 9.90 Å². The van der Waals surface area contributed by atoms with Gasteiger partial charge in [-0.05, 0) is 25.7 Å². The molecule has 1 amide bonds. The van der Waals surface area contributed by atoms with Gasteiger partial charge in [0.25, 0.3) is 0 Å². The number of hydrogen-bond acceptors (Lipinski definition) is 3. The molecule has 0 aromatic carbocycles. The molecule has 4 heteroatoms. The molecule has 1 aliphatic heterocycles. The number of nitrogens with one attached hydrogen (secondary N) is 2. The number of aliphatic hydroxyl groups is 1. The van der Waals surface area contributed by atoms with Gasteiger partial charge in [-0.25, -0.2) is 0 Å². The van der Waals surface area contributed by atoms with Crippen molar-refractivity contribution in [3.63, 3.8) is 0 Å². The van der Waals surface area contributed by atoms with Crippen molar-refractivity contribution in [1.82, 2.24) is 10.6 Å². The maximum absolute atomic E-state index is 11.5. The molecule has 0 aliphatic carbocycles. The molecule has 15 heavy (non-hydrogen) atoms. The minimum Gasteiger partial charge on any atom is -0.392 e. The number of carbonyl (C=O) groups excluding carboxylic acids is 1. The second-order valence-corrected chi connectivity index (χ2v) is 4.19. The van der Waals surface area contributed by atoms with Gasteiger partial charge in [-0.2, -0.15) is 0 Å². The highest BCUT2D eigenvalue weighted by molar-refractivity contribution is 5.81. The van der Waals surface area contributed by atoms with Crippen LogP contribution in [-0.2, 0) is 4.79 Å². The summed E-state index contributed by atoms with van der Waals surface area (Å²) < 4.78 is 0. The topological polar surface area (TPSA) is 61.4 Å². The predicted octanol–water partition coefficient (Wildman–Crippen LogP) is 0.406. The first kappa shape index (κ1) is 12.5. The number of carbonyl (C=O) groups is 1. The fourth-order valence-electron chi connectivity index (χ4n) is 1.85. The van der Waals surface area contributed by atoms with E-state index in [1.54, 1.807) is 0 Å². The summed E-state index contributed by atoms with van der Waals surface area (Å²) in [4.78, 5) is 11.5. The zero-order valence-corrected chi connectivity index (χ0v) is 9.46. The van der Waals surface area contributed by atoms with E-state index in [1.165, 1.54) is 0 Å². The van der Waals surface area contributed by atoms with Crippen LogP contribution in [0.25, 0.3) is 0 Å². The molecule has 0 spiro atoms. The van der Waals surface area contributed by atoms with E-state index in [0.717, 1.165) is 38.6 Å². The van der Waals surface area contributed by atoms with Crippen LogP contribution in [0, 0.1) is 0 Å². The largest absolute Gasteiger partial charge is 0.392 e. The van der Waals surface area contributed by atoms with Gasteiger partial charge in [0, 0.05) is 13.1 Å². The molecule has 1 aliphatic rings. The second kappa shape index (κ2) is 6.80. The average Bonchev–Trinajstić information content (AvgIpc) is 2.41. The van der Waals surface area contributed by atoms with Crippen LogP contribution in [0.15, 0.2) is 0 Å². The van der Waals surface area contributed by atoms with E-state index < -0.39 is 0 Å². The lowest BCUT2D eigenvalue weighted by atomic mass is 10.1. The zero-order valence-electron chi connectivity index (χ0n) is 9.46. The van der Waals surface area contributed by atoms with Gasteiger partial charge in [0.2, 0.25) is 5.91 Å². The molecular formula is C11H22N2O2. The predicted molar refractivity (Wildman–Crippen MR) is 59.6 cm³/mol. The van der Waals surface area contributed by atoms with Crippen molar-refractivity contribution in [2.75, 3.05) is 13.1 Å². The van der Waals surface area contributed by atoms with Gasteiger partial charge >= 0.3 is 0 Å². The summed E-state index contributed by atoms with van der Waals surface area (Å²) in [5.41, 5.74) is 0. The summed E-state index contributed by atoms with van der Waals surface area (Å²) in [6, 6.07) is -0.112. The molecule has 1 saturated heterocycles. The van der Waals surface area contributed by atoms with Gasteiger partial charge in [0.05, 0.1) is 12.1 Å². The van der Waals surface area contributed by atoms with Gasteiger partial charge < -0.3 is 15.7 Å². The fourth-order valence-corrected chi connectivity index (χ4v) is 1.85. The van der Waals surface area contributed by atoms with Crippen LogP contribution in [0.3, 0.4) is 0 Å². The number of rotatable bonds is 5. The monoisotopic (exact) mass is 214 g/mol. The Kier molecular flexibility index (Phi) is 5.65. The van der Waals surface area contributed by atoms with Crippen LogP contribution in [-0.4, -0.2) is 36.2 Å². The summed E-state index contributed by atoms with van der Waals surface area (Å²) in [5.74, 6) is 0.0798. The maximum Gasteiger partial charge on any atom is 0.237 e. The lowest BCUT2D eigenvalue weighted by Crippen LogP contribution is -2.45. The Bertz CT molecular complexity index is 197. The molecule has 2 atom stereocenters. The van der Waals surface area contributed by atoms with Crippen LogP contribution in [0.2, 0.25) is 0 Å². The molecule has 0 radical (unpaired) electrons. The molecule has 0 aromatic rings. The Labute approximate surface area is 91.4 Å². The summed E-state index contributed by atoms with van der Waals surface area (Å²) in [6.45, 7) is 3.35. The molecule has 0 aromatic heterocycles. The Hall–Kier alpha value is -0.610. The van der Waals surface area contributed by atoms with E-state index in [1.807, 2.05) is 6.92 Å². The molecule has 0 saturated carbocycles. The first-order chi connectivity index (χ1) is 7.24. The van der Waals surface area contributed by atoms with Crippen LogP contribution in [0.4, 0.5) is 0 Å². The summed E-state index contributed by atoms with van der Waals surface area (Å²) in [5, 5.41) is 15.5. The maximum atomic E-state index is 11.5. The van der Waals surface area contributed by atoms with E-state index in [9.17, 15) is 9.90 Å². The van der Waals surface area contributed by atoms with E-state index in [-0.39, 0.29) is 18.1 Å². The van der Waals surface area contributed by atoms with Crippen molar-refractivity contribution in [3.8, 4) is 0 Å². The molecule has 0 bridgehead atoms. The van der Waals surface area contributed by atoms with E-state index in [2.05, 4.69) is 10.6 Å². The summed E-state index contributed by atoms with van der Waals surface area (Å²) >= 11 is 0. The van der Waals surface area contributed by atoms with Gasteiger partial charge in [0.15, 0.2) is 0 Å². The van der Waals surface area contributed by atoms with Crippen molar-refractivity contribution in [2.45, 2.75) is 51.2 Å². The molecule has 3 N–H and O–H groups in total. The number of aliphatic hydroxyl groups excluding tert-OH is 1. The molecular weight excluding hydrogens is 192 g/mol. The molecule has 1 heterocycles. The number of hydrogen-bond donors (Lipinski definition) is 3. The van der Waals surface area contributed by atoms with Gasteiger partial charge in [-0.3, -0.25) is 4.79 Å². The van der Waals surface area contributed by atoms with E-state index in [4.69, 9.17) is 0 Å². The average molecular weight is 214 g/mol. The van der Waals surface area contributed by atoms with Gasteiger partial charge in [0.1, 0.15) is 0 Å². The third-order valence-corrected chi connectivity index (χ3v) is 2.76. The minimum atomic E-state index is -0.328. The highest BCUT2D eigenvalue weighted by Gasteiger charge is 2.20. The molecule has 1 rings (SSSR count). The summed E-state index contributed by atoms with van der Waals surface area (Å²) in [7, 11) is 0. The third-order valence-electron chi connectivity index (χ3n) is 2.76. The minimum absolute atomic E-state index is 0.0798. The second-order valence-electron chi connectivity index (χ2n) is 4.19. The first-order valence-corrected chi connectivity index (χ1v) is 5.93. The molecule has 88 valence electrons. The summed E-state index contributed by atoms with van der Waals surface area (Å²) in [6.07, 6.45) is 4.44. The van der Waals surface area contributed by atoms with Crippen molar-refractivity contribution in [2.24, 2.45) is 0 Å². The highest BCUT2D eigenvalue weighted by Crippen LogP contribution is 2.05. The van der Waals surface area contributed by atoms with Crippen LogP contribution < -0.4 is 10.6 Å². The Balaban J connectivity index is 2.26. The molecule has 1 fully saturated rings. The van der Waals surface area contributed by atoms with Crippen molar-refractivity contribution in [1.29, 1.82) is 0 Å². The normalized spacial score (nSPS) is 24.4. The lowest BCUT2D eigenvalue weighted by molar-refractivity contribution is -0.122. The lowest BCUT2D eigenvalue weighted by Gasteiger charge is -2.17. The zero-order chi connectivity index (χ0) is 11.1. The highest BCUT2D eigenvalue weighted by atomic mass is 16.3. The quantitative estimate of drug-likeness (QED) is 0.621. The van der Waals surface area contributed by atoms with E-state index >= 15 is 0 Å². The van der Waals surface area contributed by atoms with Gasteiger partial charge in [-0.1, -0.05) is 13.3 Å². The smallest absolute Gasteiger partial charge is 0.237 e. The SMILES string of the molecule is CCCC(O)CNC1CCCCNC1=O. The van der Waals surface area contributed by atoms with Crippen LogP contribution in [0.1, 0.15) is 39.0 Å². The van der Waals surface area contributed by atoms with Crippen LogP contribution in [0.5, 0.6) is 0 Å². The van der Waals surface area contributed by atoms with Gasteiger partial charge in [-0.15, -0.1) is 0 Å². The fraction of sp³-hybridized carbons (Fsp3) is 0.909. The van der Waals surface area contributed by atoms with E-state index in [0.29, 0.717) is 6.54 Å². The number of amides is 1. The standard InChI is InChI=1S/C11H22N2O2/c1-2-5-9(14)8-13-10-6-3-4-7-12-11(10)15/h9-10,13-14H,2-8H2,1H3,(H,12,15).